The third kappa shape index (κ3) is 3.68. The molecule has 0 saturated carbocycles. The standard InChI is InChI=1S/C7H6F3IN2O2/c8-7(9,10)2-1-3-12-5(14)4(11)6(15)13-3/h1-2H2,(H2,12,13,14,15). The maximum absolute atomic E-state index is 11.8. The van der Waals surface area contributed by atoms with E-state index in [4.69, 9.17) is 5.11 Å². The summed E-state index contributed by atoms with van der Waals surface area (Å²) < 4.78 is 35.5. The molecule has 1 rings (SSSR count). The zero-order valence-electron chi connectivity index (χ0n) is 7.23. The maximum Gasteiger partial charge on any atom is 0.389 e. The number of alkyl halides is 3. The van der Waals surface area contributed by atoms with Crippen LogP contribution in [0.4, 0.5) is 13.2 Å². The van der Waals surface area contributed by atoms with Crippen LogP contribution in [0.15, 0.2) is 4.79 Å². The van der Waals surface area contributed by atoms with Crippen LogP contribution in [0, 0.1) is 3.57 Å². The first kappa shape index (κ1) is 12.3. The summed E-state index contributed by atoms with van der Waals surface area (Å²) in [5.41, 5.74) is -0.639. The molecule has 8 heteroatoms. The first-order valence-corrected chi connectivity index (χ1v) is 4.92. The van der Waals surface area contributed by atoms with Crippen LogP contribution in [-0.2, 0) is 6.42 Å². The van der Waals surface area contributed by atoms with Crippen LogP contribution in [0.25, 0.3) is 0 Å². The molecule has 0 aliphatic heterocycles. The monoisotopic (exact) mass is 334 g/mol. The van der Waals surface area contributed by atoms with Crippen LogP contribution < -0.4 is 5.56 Å². The molecule has 0 radical (unpaired) electrons. The van der Waals surface area contributed by atoms with Crippen molar-refractivity contribution in [3.8, 4) is 5.88 Å². The minimum atomic E-state index is -4.31. The number of rotatable bonds is 2. The van der Waals surface area contributed by atoms with Gasteiger partial charge in [0.1, 0.15) is 9.39 Å². The second kappa shape index (κ2) is 4.37. The Balaban J connectivity index is 2.84. The van der Waals surface area contributed by atoms with Gasteiger partial charge in [-0.15, -0.1) is 0 Å². The molecule has 4 nitrogen and oxygen atoms in total. The van der Waals surface area contributed by atoms with E-state index >= 15 is 0 Å². The lowest BCUT2D eigenvalue weighted by atomic mass is 10.3. The number of nitrogens with one attached hydrogen (secondary N) is 1. The molecule has 0 amide bonds. The Bertz CT molecular complexity index is 416. The molecule has 1 heterocycles. The van der Waals surface area contributed by atoms with Gasteiger partial charge in [0.2, 0.25) is 5.88 Å². The van der Waals surface area contributed by atoms with Crippen molar-refractivity contribution in [2.75, 3.05) is 0 Å². The van der Waals surface area contributed by atoms with Gasteiger partial charge in [0.05, 0.1) is 6.42 Å². The number of hydrogen-bond acceptors (Lipinski definition) is 3. The fourth-order valence-corrected chi connectivity index (χ4v) is 1.13. The van der Waals surface area contributed by atoms with E-state index in [0.29, 0.717) is 0 Å². The van der Waals surface area contributed by atoms with Crippen molar-refractivity contribution in [1.29, 1.82) is 0 Å². The number of aromatic amines is 1. The minimum Gasteiger partial charge on any atom is -0.492 e. The highest BCUT2D eigenvalue weighted by Crippen LogP contribution is 2.21. The molecular weight excluding hydrogens is 328 g/mol. The van der Waals surface area contributed by atoms with E-state index in [1.165, 1.54) is 0 Å². The van der Waals surface area contributed by atoms with Crippen molar-refractivity contribution in [1.82, 2.24) is 9.97 Å². The number of aryl methyl sites for hydroxylation is 1. The molecule has 0 bridgehead atoms. The van der Waals surface area contributed by atoms with E-state index in [0.717, 1.165) is 0 Å². The molecule has 0 aliphatic rings. The Morgan fingerprint density at radius 1 is 1.47 bits per heavy atom. The molecule has 0 unspecified atom stereocenters. The van der Waals surface area contributed by atoms with Gasteiger partial charge in [-0.2, -0.15) is 18.2 Å². The smallest absolute Gasteiger partial charge is 0.389 e. The van der Waals surface area contributed by atoms with Crippen molar-refractivity contribution in [2.45, 2.75) is 19.0 Å². The van der Waals surface area contributed by atoms with Crippen LogP contribution >= 0.6 is 22.6 Å². The van der Waals surface area contributed by atoms with Gasteiger partial charge in [-0.1, -0.05) is 0 Å². The van der Waals surface area contributed by atoms with Gasteiger partial charge in [-0.3, -0.25) is 4.79 Å². The molecule has 0 fully saturated rings. The summed E-state index contributed by atoms with van der Waals surface area (Å²) in [5.74, 6) is -0.716. The summed E-state index contributed by atoms with van der Waals surface area (Å²) >= 11 is 1.55. The van der Waals surface area contributed by atoms with E-state index < -0.39 is 30.5 Å². The van der Waals surface area contributed by atoms with Gasteiger partial charge < -0.3 is 10.1 Å². The zero-order valence-corrected chi connectivity index (χ0v) is 9.39. The number of aromatic hydroxyl groups is 1. The summed E-state index contributed by atoms with van der Waals surface area (Å²) in [5, 5.41) is 9.09. The van der Waals surface area contributed by atoms with Gasteiger partial charge in [-0.25, -0.2) is 0 Å². The van der Waals surface area contributed by atoms with Gasteiger partial charge in [-0.05, 0) is 22.6 Å². The summed E-state index contributed by atoms with van der Waals surface area (Å²) in [6.07, 6.45) is -5.85. The highest BCUT2D eigenvalue weighted by molar-refractivity contribution is 14.1. The van der Waals surface area contributed by atoms with Crippen LogP contribution in [0.3, 0.4) is 0 Å². The highest BCUT2D eigenvalue weighted by atomic mass is 127. The molecule has 84 valence electrons. The highest BCUT2D eigenvalue weighted by Gasteiger charge is 2.27. The van der Waals surface area contributed by atoms with E-state index in [1.54, 1.807) is 22.6 Å². The van der Waals surface area contributed by atoms with Crippen molar-refractivity contribution in [3.05, 3.63) is 19.7 Å². The van der Waals surface area contributed by atoms with Gasteiger partial charge >= 0.3 is 6.18 Å². The van der Waals surface area contributed by atoms with Crippen LogP contribution in [-0.4, -0.2) is 21.3 Å². The molecule has 0 saturated heterocycles. The van der Waals surface area contributed by atoms with E-state index in [-0.39, 0.29) is 9.39 Å². The Labute approximate surface area is 95.7 Å². The first-order chi connectivity index (χ1) is 6.79. The first-order valence-electron chi connectivity index (χ1n) is 3.84. The third-order valence-corrected chi connectivity index (χ3v) is 2.51. The largest absolute Gasteiger partial charge is 0.492 e. The average molecular weight is 334 g/mol. The van der Waals surface area contributed by atoms with E-state index in [2.05, 4.69) is 9.97 Å². The van der Waals surface area contributed by atoms with Gasteiger partial charge in [0.25, 0.3) is 5.56 Å². The molecule has 0 aromatic carbocycles. The van der Waals surface area contributed by atoms with Crippen molar-refractivity contribution in [3.63, 3.8) is 0 Å². The number of aromatic nitrogens is 2. The molecule has 1 aromatic rings. The van der Waals surface area contributed by atoms with Crippen LogP contribution in [0.2, 0.25) is 0 Å². The zero-order chi connectivity index (χ0) is 11.6. The fourth-order valence-electron chi connectivity index (χ4n) is 0.871. The second-order valence-electron chi connectivity index (χ2n) is 2.77. The number of halogens is 4. The van der Waals surface area contributed by atoms with Crippen LogP contribution in [0.1, 0.15) is 12.2 Å². The Kier molecular flexibility index (Phi) is 3.58. The summed E-state index contributed by atoms with van der Waals surface area (Å²) in [6, 6.07) is 0. The molecule has 0 aliphatic carbocycles. The van der Waals surface area contributed by atoms with Crippen molar-refractivity contribution in [2.24, 2.45) is 0 Å². The summed E-state index contributed by atoms with van der Waals surface area (Å²) in [4.78, 5) is 16.6. The quantitative estimate of drug-likeness (QED) is 0.807. The SMILES string of the molecule is O=c1[nH]c(CCC(F)(F)F)nc(O)c1I. The number of hydrogen-bond donors (Lipinski definition) is 2. The van der Waals surface area contributed by atoms with Gasteiger partial charge in [0, 0.05) is 6.42 Å². The molecule has 2 N–H and O–H groups in total. The summed E-state index contributed by atoms with van der Waals surface area (Å²) in [6.45, 7) is 0. The molecule has 15 heavy (non-hydrogen) atoms. The Hall–Kier alpha value is -0.800. The second-order valence-corrected chi connectivity index (χ2v) is 3.84. The predicted molar refractivity (Wildman–Crippen MR) is 53.6 cm³/mol. The third-order valence-electron chi connectivity index (χ3n) is 1.54. The summed E-state index contributed by atoms with van der Waals surface area (Å²) in [7, 11) is 0. The Morgan fingerprint density at radius 3 is 2.53 bits per heavy atom. The van der Waals surface area contributed by atoms with E-state index in [9.17, 15) is 18.0 Å². The normalized spacial score (nSPS) is 11.7. The molecule has 1 aromatic heterocycles. The van der Waals surface area contributed by atoms with Gasteiger partial charge in [0.15, 0.2) is 0 Å². The molecule has 0 spiro atoms. The lowest BCUT2D eigenvalue weighted by molar-refractivity contribution is -0.134. The van der Waals surface area contributed by atoms with Crippen LogP contribution in [0.5, 0.6) is 5.88 Å². The fraction of sp³-hybridized carbons (Fsp3) is 0.429. The number of H-pyrrole nitrogens is 1. The van der Waals surface area contributed by atoms with E-state index in [1.807, 2.05) is 0 Å². The topological polar surface area (TPSA) is 66.0 Å². The molecule has 0 atom stereocenters. The average Bonchev–Trinajstić information content (AvgIpc) is 2.09. The predicted octanol–water partition coefficient (Wildman–Crippen LogP) is 1.57. The Morgan fingerprint density at radius 2 is 2.07 bits per heavy atom. The maximum atomic E-state index is 11.8. The molecular formula is C7H6F3IN2O2. The lowest BCUT2D eigenvalue weighted by Crippen LogP contribution is -2.17. The lowest BCUT2D eigenvalue weighted by Gasteiger charge is -2.05. The minimum absolute atomic E-state index is 0.0386. The van der Waals surface area contributed by atoms with Crippen molar-refractivity contribution < 1.29 is 18.3 Å². The van der Waals surface area contributed by atoms with Crippen molar-refractivity contribution >= 4 is 22.6 Å². The number of nitrogens with zero attached hydrogens (tertiary/aromatic N) is 1.